The summed E-state index contributed by atoms with van der Waals surface area (Å²) in [7, 11) is 1.68. The summed E-state index contributed by atoms with van der Waals surface area (Å²) in [6.45, 7) is 3.45. The molecule has 0 radical (unpaired) electrons. The van der Waals surface area contributed by atoms with Gasteiger partial charge in [-0.15, -0.1) is 11.3 Å². The highest BCUT2D eigenvalue weighted by molar-refractivity contribution is 9.11. The number of methoxy groups -OCH3 is 1. The topological polar surface area (TPSA) is 38.8 Å². The molecule has 0 N–H and O–H groups in total. The largest absolute Gasteiger partial charge is 0.450 e. The number of carbonyl (C=O) groups excluding carboxylic acids is 1. The SMILES string of the molecule is CCOC(=O)N1CCc2sc(Br)cc2[C@@H](OC)C1. The van der Waals surface area contributed by atoms with Crippen molar-refractivity contribution in [2.24, 2.45) is 0 Å². The second-order valence-corrected chi connectivity index (χ2v) is 6.56. The van der Waals surface area contributed by atoms with Crippen LogP contribution in [0.3, 0.4) is 0 Å². The molecular weight excluding hydrogens is 318 g/mol. The minimum absolute atomic E-state index is 0.0746. The Balaban J connectivity index is 2.17. The molecule has 0 saturated carbocycles. The van der Waals surface area contributed by atoms with E-state index in [0.717, 1.165) is 10.2 Å². The maximum absolute atomic E-state index is 11.8. The molecular formula is C12H16BrNO3S. The fraction of sp³-hybridized carbons (Fsp3) is 0.583. The van der Waals surface area contributed by atoms with Crippen LogP contribution in [0.1, 0.15) is 23.5 Å². The lowest BCUT2D eigenvalue weighted by Crippen LogP contribution is -2.35. The second kappa shape index (κ2) is 6.04. The summed E-state index contributed by atoms with van der Waals surface area (Å²) in [5.41, 5.74) is 1.18. The number of hydrogen-bond acceptors (Lipinski definition) is 4. The number of rotatable bonds is 2. The molecule has 4 nitrogen and oxygen atoms in total. The third-order valence-corrected chi connectivity index (χ3v) is 4.68. The van der Waals surface area contributed by atoms with Crippen molar-refractivity contribution in [2.45, 2.75) is 19.4 Å². The van der Waals surface area contributed by atoms with E-state index >= 15 is 0 Å². The maximum Gasteiger partial charge on any atom is 0.409 e. The van der Waals surface area contributed by atoms with Gasteiger partial charge in [0.2, 0.25) is 0 Å². The van der Waals surface area contributed by atoms with Gasteiger partial charge in [0.15, 0.2) is 0 Å². The summed E-state index contributed by atoms with van der Waals surface area (Å²) in [5.74, 6) is 0. The summed E-state index contributed by atoms with van der Waals surface area (Å²) in [6, 6.07) is 2.09. The van der Waals surface area contributed by atoms with Crippen molar-refractivity contribution < 1.29 is 14.3 Å². The predicted molar refractivity (Wildman–Crippen MR) is 74.1 cm³/mol. The lowest BCUT2D eigenvalue weighted by atomic mass is 10.1. The maximum atomic E-state index is 11.8. The van der Waals surface area contributed by atoms with Crippen LogP contribution in [0.4, 0.5) is 4.79 Å². The number of carbonyl (C=O) groups is 1. The molecule has 6 heteroatoms. The van der Waals surface area contributed by atoms with Crippen LogP contribution in [0, 0.1) is 0 Å². The molecule has 1 atom stereocenters. The fourth-order valence-electron chi connectivity index (χ4n) is 2.09. The van der Waals surface area contributed by atoms with Crippen LogP contribution < -0.4 is 0 Å². The third-order valence-electron chi connectivity index (χ3n) is 2.96. The molecule has 1 aliphatic rings. The van der Waals surface area contributed by atoms with Crippen LogP contribution in [-0.4, -0.2) is 37.8 Å². The smallest absolute Gasteiger partial charge is 0.409 e. The molecule has 0 unspecified atom stereocenters. The van der Waals surface area contributed by atoms with E-state index in [1.807, 2.05) is 6.92 Å². The van der Waals surface area contributed by atoms with Gasteiger partial charge in [-0.05, 0) is 40.9 Å². The van der Waals surface area contributed by atoms with Crippen molar-refractivity contribution in [3.05, 3.63) is 20.3 Å². The van der Waals surface area contributed by atoms with Crippen LogP contribution in [0.5, 0.6) is 0 Å². The van der Waals surface area contributed by atoms with Gasteiger partial charge >= 0.3 is 6.09 Å². The highest BCUT2D eigenvalue weighted by Gasteiger charge is 2.28. The zero-order chi connectivity index (χ0) is 13.1. The molecule has 2 rings (SSSR count). The summed E-state index contributed by atoms with van der Waals surface area (Å²) in [6.07, 6.45) is 0.521. The second-order valence-electron chi connectivity index (χ2n) is 4.05. The van der Waals surface area contributed by atoms with Gasteiger partial charge in [-0.25, -0.2) is 4.79 Å². The van der Waals surface area contributed by atoms with E-state index < -0.39 is 0 Å². The zero-order valence-corrected chi connectivity index (χ0v) is 12.8. The molecule has 1 amide bonds. The number of amides is 1. The first-order chi connectivity index (χ1) is 8.65. The average molecular weight is 334 g/mol. The van der Waals surface area contributed by atoms with Gasteiger partial charge < -0.3 is 14.4 Å². The summed E-state index contributed by atoms with van der Waals surface area (Å²) >= 11 is 5.21. The van der Waals surface area contributed by atoms with Crippen LogP contribution in [0.2, 0.25) is 0 Å². The van der Waals surface area contributed by atoms with E-state index in [1.54, 1.807) is 23.3 Å². The van der Waals surface area contributed by atoms with E-state index in [1.165, 1.54) is 10.4 Å². The Morgan fingerprint density at radius 1 is 1.67 bits per heavy atom. The molecule has 0 saturated heterocycles. The molecule has 0 aromatic carbocycles. The number of fused-ring (bicyclic) bond motifs is 1. The molecule has 1 aromatic heterocycles. The predicted octanol–water partition coefficient (Wildman–Crippen LogP) is 3.21. The highest BCUT2D eigenvalue weighted by Crippen LogP contribution is 2.35. The first kappa shape index (κ1) is 13.8. The Kier molecular flexibility index (Phi) is 4.64. The number of hydrogen-bond donors (Lipinski definition) is 0. The van der Waals surface area contributed by atoms with E-state index in [2.05, 4.69) is 22.0 Å². The molecule has 2 heterocycles. The van der Waals surface area contributed by atoms with Crippen molar-refractivity contribution in [1.29, 1.82) is 0 Å². The number of thiophene rings is 1. The van der Waals surface area contributed by atoms with E-state index in [-0.39, 0.29) is 12.2 Å². The van der Waals surface area contributed by atoms with Gasteiger partial charge in [-0.1, -0.05) is 0 Å². The molecule has 0 fully saturated rings. The lowest BCUT2D eigenvalue weighted by Gasteiger charge is -2.23. The molecule has 0 aliphatic carbocycles. The Morgan fingerprint density at radius 3 is 3.11 bits per heavy atom. The van der Waals surface area contributed by atoms with E-state index in [0.29, 0.717) is 19.7 Å². The molecule has 100 valence electrons. The standard InChI is InChI=1S/C12H16BrNO3S/c1-3-17-12(15)14-5-4-10-8(6-11(13)18-10)9(7-14)16-2/h6,9H,3-5,7H2,1-2H3/t9-/m0/s1. The van der Waals surface area contributed by atoms with E-state index in [4.69, 9.17) is 9.47 Å². The van der Waals surface area contributed by atoms with Gasteiger partial charge in [0.1, 0.15) is 6.10 Å². The first-order valence-electron chi connectivity index (χ1n) is 5.88. The average Bonchev–Trinajstić information content (AvgIpc) is 2.62. The van der Waals surface area contributed by atoms with Crippen molar-refractivity contribution in [1.82, 2.24) is 4.90 Å². The molecule has 0 bridgehead atoms. The lowest BCUT2D eigenvalue weighted by molar-refractivity contribution is 0.0549. The number of nitrogens with zero attached hydrogens (tertiary/aromatic N) is 1. The minimum Gasteiger partial charge on any atom is -0.450 e. The Labute approximate surface area is 119 Å². The molecule has 1 aromatic rings. The molecule has 1 aliphatic heterocycles. The normalized spacial score (nSPS) is 19.3. The van der Waals surface area contributed by atoms with Crippen molar-refractivity contribution in [3.8, 4) is 0 Å². The fourth-order valence-corrected chi connectivity index (χ4v) is 3.84. The van der Waals surface area contributed by atoms with Crippen LogP contribution in [0.15, 0.2) is 9.85 Å². The van der Waals surface area contributed by atoms with Crippen molar-refractivity contribution in [3.63, 3.8) is 0 Å². The first-order valence-corrected chi connectivity index (χ1v) is 7.49. The van der Waals surface area contributed by atoms with Gasteiger partial charge in [-0.3, -0.25) is 0 Å². The highest BCUT2D eigenvalue weighted by atomic mass is 79.9. The monoisotopic (exact) mass is 333 g/mol. The quantitative estimate of drug-likeness (QED) is 0.834. The van der Waals surface area contributed by atoms with Crippen molar-refractivity contribution >= 4 is 33.4 Å². The number of halogens is 1. The summed E-state index contributed by atoms with van der Waals surface area (Å²) < 4.78 is 11.7. The summed E-state index contributed by atoms with van der Waals surface area (Å²) in [5, 5.41) is 0. The molecule has 18 heavy (non-hydrogen) atoms. The Bertz CT molecular complexity index is 435. The minimum atomic E-state index is -0.256. The zero-order valence-electron chi connectivity index (χ0n) is 10.4. The number of ether oxygens (including phenoxy) is 2. The van der Waals surface area contributed by atoms with Crippen molar-refractivity contribution in [2.75, 3.05) is 26.8 Å². The van der Waals surface area contributed by atoms with Crippen LogP contribution in [0.25, 0.3) is 0 Å². The van der Waals surface area contributed by atoms with E-state index in [9.17, 15) is 4.79 Å². The van der Waals surface area contributed by atoms with Gasteiger partial charge in [0, 0.05) is 18.5 Å². The van der Waals surface area contributed by atoms with Crippen LogP contribution in [-0.2, 0) is 15.9 Å². The van der Waals surface area contributed by atoms with Gasteiger partial charge in [0.25, 0.3) is 0 Å². The van der Waals surface area contributed by atoms with Gasteiger partial charge in [0.05, 0.1) is 16.9 Å². The Morgan fingerprint density at radius 2 is 2.44 bits per heavy atom. The molecule has 0 spiro atoms. The van der Waals surface area contributed by atoms with Crippen LogP contribution >= 0.6 is 27.3 Å². The Hall–Kier alpha value is -0.590. The summed E-state index contributed by atoms with van der Waals surface area (Å²) in [4.78, 5) is 14.8. The third kappa shape index (κ3) is 2.87. The van der Waals surface area contributed by atoms with Gasteiger partial charge in [-0.2, -0.15) is 0 Å².